The predicted molar refractivity (Wildman–Crippen MR) is 84.0 cm³/mol. The molecular formula is C16H12BrFN2O2. The minimum Gasteiger partial charge on any atom is -0.480 e. The fourth-order valence-corrected chi connectivity index (χ4v) is 2.13. The normalized spacial score (nSPS) is 11.4. The largest absolute Gasteiger partial charge is 0.480 e. The van der Waals surface area contributed by atoms with Gasteiger partial charge in [0.1, 0.15) is 11.6 Å². The molecule has 0 aromatic heterocycles. The van der Waals surface area contributed by atoms with E-state index in [1.807, 2.05) is 6.07 Å². The van der Waals surface area contributed by atoms with Gasteiger partial charge in [-0.25, -0.2) is 4.39 Å². The van der Waals surface area contributed by atoms with E-state index >= 15 is 0 Å². The maximum atomic E-state index is 13.0. The first-order chi connectivity index (χ1) is 10.5. The molecule has 0 unspecified atom stereocenters. The Bertz CT molecular complexity index is 726. The van der Waals surface area contributed by atoms with Crippen LogP contribution in [0.5, 0.6) is 5.75 Å². The number of carbonyl (C=O) groups excluding carboxylic acids is 1. The number of halogens is 2. The Hall–Kier alpha value is -2.39. The lowest BCUT2D eigenvalue weighted by Crippen LogP contribution is -2.30. The lowest BCUT2D eigenvalue weighted by Gasteiger charge is -2.15. The minimum absolute atomic E-state index is 0.346. The van der Waals surface area contributed by atoms with Crippen LogP contribution in [0.25, 0.3) is 0 Å². The second-order valence-corrected chi connectivity index (χ2v) is 5.37. The zero-order valence-electron chi connectivity index (χ0n) is 11.6. The van der Waals surface area contributed by atoms with Crippen molar-refractivity contribution in [2.45, 2.75) is 13.0 Å². The number of carbonyl (C=O) groups is 1. The third-order valence-corrected chi connectivity index (χ3v) is 3.47. The van der Waals surface area contributed by atoms with Gasteiger partial charge in [-0.3, -0.25) is 4.79 Å². The van der Waals surface area contributed by atoms with Gasteiger partial charge in [-0.1, -0.05) is 0 Å². The first-order valence-corrected chi connectivity index (χ1v) is 7.21. The van der Waals surface area contributed by atoms with Crippen LogP contribution in [0, 0.1) is 17.1 Å². The van der Waals surface area contributed by atoms with Gasteiger partial charge in [0.25, 0.3) is 5.91 Å². The fourth-order valence-electron chi connectivity index (χ4n) is 1.69. The summed E-state index contributed by atoms with van der Waals surface area (Å²) in [6.45, 7) is 1.59. The van der Waals surface area contributed by atoms with Crippen molar-refractivity contribution in [3.63, 3.8) is 0 Å². The molecule has 0 radical (unpaired) electrons. The summed E-state index contributed by atoms with van der Waals surface area (Å²) in [6.07, 6.45) is -0.766. The average Bonchev–Trinajstić information content (AvgIpc) is 2.50. The molecule has 0 aliphatic rings. The third kappa shape index (κ3) is 4.06. The summed E-state index contributed by atoms with van der Waals surface area (Å²) in [6, 6.07) is 12.5. The smallest absolute Gasteiger partial charge is 0.265 e. The van der Waals surface area contributed by atoms with Crippen LogP contribution in [-0.2, 0) is 4.79 Å². The van der Waals surface area contributed by atoms with Crippen molar-refractivity contribution in [2.24, 2.45) is 0 Å². The maximum absolute atomic E-state index is 13.0. The second-order valence-electron chi connectivity index (χ2n) is 4.51. The van der Waals surface area contributed by atoms with Gasteiger partial charge >= 0.3 is 0 Å². The van der Waals surface area contributed by atoms with E-state index in [1.54, 1.807) is 31.2 Å². The molecule has 0 fully saturated rings. The molecule has 0 aliphatic heterocycles. The number of hydrogen-bond donors (Lipinski definition) is 1. The molecule has 2 aromatic rings. The molecule has 1 N–H and O–H groups in total. The van der Waals surface area contributed by atoms with Crippen molar-refractivity contribution in [3.05, 3.63) is 58.3 Å². The van der Waals surface area contributed by atoms with Gasteiger partial charge in [0.2, 0.25) is 0 Å². The van der Waals surface area contributed by atoms with Gasteiger partial charge in [-0.05, 0) is 65.3 Å². The molecule has 1 amide bonds. The molecule has 22 heavy (non-hydrogen) atoms. The van der Waals surface area contributed by atoms with E-state index in [1.165, 1.54) is 18.2 Å². The number of nitriles is 1. The van der Waals surface area contributed by atoms with Crippen LogP contribution in [0.2, 0.25) is 0 Å². The van der Waals surface area contributed by atoms with E-state index in [0.717, 1.165) is 0 Å². The molecule has 6 heteroatoms. The summed E-state index contributed by atoms with van der Waals surface area (Å²) in [5.74, 6) is -0.362. The SMILES string of the molecule is C[C@H](Oc1ccc(F)cc1Br)C(=O)Nc1ccc(C#N)cc1. The van der Waals surface area contributed by atoms with E-state index in [2.05, 4.69) is 21.2 Å². The van der Waals surface area contributed by atoms with E-state index in [-0.39, 0.29) is 5.91 Å². The van der Waals surface area contributed by atoms with Gasteiger partial charge in [0.05, 0.1) is 16.1 Å². The molecule has 4 nitrogen and oxygen atoms in total. The summed E-state index contributed by atoms with van der Waals surface area (Å²) in [5, 5.41) is 11.4. The molecule has 0 heterocycles. The quantitative estimate of drug-likeness (QED) is 0.897. The summed E-state index contributed by atoms with van der Waals surface area (Å²) >= 11 is 3.18. The zero-order chi connectivity index (χ0) is 16.1. The molecule has 0 aliphatic carbocycles. The summed E-state index contributed by atoms with van der Waals surface area (Å²) in [5.41, 5.74) is 1.08. The molecule has 0 spiro atoms. The second kappa shape index (κ2) is 7.05. The Morgan fingerprint density at radius 3 is 2.59 bits per heavy atom. The standard InChI is InChI=1S/C16H12BrFN2O2/c1-10(22-15-7-4-12(18)8-14(15)17)16(21)20-13-5-2-11(9-19)3-6-13/h2-8,10H,1H3,(H,20,21)/t10-/m0/s1. The van der Waals surface area contributed by atoms with Crippen molar-refractivity contribution < 1.29 is 13.9 Å². The maximum Gasteiger partial charge on any atom is 0.265 e. The number of anilines is 1. The van der Waals surface area contributed by atoms with Crippen molar-refractivity contribution >= 4 is 27.5 Å². The first-order valence-electron chi connectivity index (χ1n) is 6.42. The lowest BCUT2D eigenvalue weighted by molar-refractivity contribution is -0.122. The van der Waals surface area contributed by atoms with Gasteiger partial charge in [0, 0.05) is 5.69 Å². The van der Waals surface area contributed by atoms with Crippen LogP contribution in [0.3, 0.4) is 0 Å². The Labute approximate surface area is 135 Å². The number of rotatable bonds is 4. The molecule has 112 valence electrons. The molecular weight excluding hydrogens is 351 g/mol. The molecule has 2 aromatic carbocycles. The number of benzene rings is 2. The summed E-state index contributed by atoms with van der Waals surface area (Å²) in [7, 11) is 0. The summed E-state index contributed by atoms with van der Waals surface area (Å²) in [4.78, 5) is 12.1. The Kier molecular flexibility index (Phi) is 5.12. The molecule has 0 saturated heterocycles. The molecule has 0 saturated carbocycles. The van der Waals surface area contributed by atoms with Crippen LogP contribution in [0.1, 0.15) is 12.5 Å². The average molecular weight is 363 g/mol. The Morgan fingerprint density at radius 1 is 1.32 bits per heavy atom. The van der Waals surface area contributed by atoms with Crippen molar-refractivity contribution in [1.29, 1.82) is 5.26 Å². The van der Waals surface area contributed by atoms with Crippen LogP contribution in [0.4, 0.5) is 10.1 Å². The first kappa shape index (κ1) is 16.0. The molecule has 0 bridgehead atoms. The highest BCUT2D eigenvalue weighted by molar-refractivity contribution is 9.10. The van der Waals surface area contributed by atoms with Gasteiger partial charge in [-0.2, -0.15) is 5.26 Å². The van der Waals surface area contributed by atoms with E-state index < -0.39 is 11.9 Å². The number of ether oxygens (including phenoxy) is 1. The number of amides is 1. The lowest BCUT2D eigenvalue weighted by atomic mass is 10.2. The van der Waals surface area contributed by atoms with E-state index in [4.69, 9.17) is 10.00 Å². The number of nitrogens with one attached hydrogen (secondary N) is 1. The molecule has 2 rings (SSSR count). The van der Waals surface area contributed by atoms with Gasteiger partial charge in [0.15, 0.2) is 6.10 Å². The summed E-state index contributed by atoms with van der Waals surface area (Å²) < 4.78 is 18.9. The monoisotopic (exact) mass is 362 g/mol. The van der Waals surface area contributed by atoms with Crippen LogP contribution in [-0.4, -0.2) is 12.0 Å². The predicted octanol–water partition coefficient (Wildman–Crippen LogP) is 3.87. The van der Waals surface area contributed by atoms with E-state index in [9.17, 15) is 9.18 Å². The van der Waals surface area contributed by atoms with Gasteiger partial charge in [-0.15, -0.1) is 0 Å². The van der Waals surface area contributed by atoms with Crippen molar-refractivity contribution in [3.8, 4) is 11.8 Å². The number of nitrogens with zero attached hydrogens (tertiary/aromatic N) is 1. The highest BCUT2D eigenvalue weighted by atomic mass is 79.9. The number of hydrogen-bond acceptors (Lipinski definition) is 3. The zero-order valence-corrected chi connectivity index (χ0v) is 13.2. The highest BCUT2D eigenvalue weighted by Crippen LogP contribution is 2.26. The van der Waals surface area contributed by atoms with Crippen molar-refractivity contribution in [2.75, 3.05) is 5.32 Å². The Morgan fingerprint density at radius 2 is 2.00 bits per heavy atom. The van der Waals surface area contributed by atoms with Crippen molar-refractivity contribution in [1.82, 2.24) is 0 Å². The Balaban J connectivity index is 2.01. The van der Waals surface area contributed by atoms with Crippen LogP contribution < -0.4 is 10.1 Å². The molecule has 1 atom stereocenters. The van der Waals surface area contributed by atoms with Crippen LogP contribution in [0.15, 0.2) is 46.9 Å². The third-order valence-electron chi connectivity index (χ3n) is 2.85. The van der Waals surface area contributed by atoms with E-state index in [0.29, 0.717) is 21.5 Å². The van der Waals surface area contributed by atoms with Gasteiger partial charge < -0.3 is 10.1 Å². The minimum atomic E-state index is -0.766. The highest BCUT2D eigenvalue weighted by Gasteiger charge is 2.16. The van der Waals surface area contributed by atoms with Crippen LogP contribution >= 0.6 is 15.9 Å². The topological polar surface area (TPSA) is 62.1 Å². The fraction of sp³-hybridized carbons (Fsp3) is 0.125.